The number of nitrogens with one attached hydrogen (secondary N) is 1. The van der Waals surface area contributed by atoms with Crippen LogP contribution in [0.25, 0.3) is 0 Å². The number of rotatable bonds is 6. The number of aromatic nitrogens is 1. The predicted octanol–water partition coefficient (Wildman–Crippen LogP) is 2.74. The molecule has 8 nitrogen and oxygen atoms in total. The first-order valence-electron chi connectivity index (χ1n) is 9.30. The lowest BCUT2D eigenvalue weighted by atomic mass is 10.1. The van der Waals surface area contributed by atoms with Gasteiger partial charge in [0, 0.05) is 24.3 Å². The van der Waals surface area contributed by atoms with E-state index in [2.05, 4.69) is 10.3 Å². The Morgan fingerprint density at radius 1 is 1.20 bits per heavy atom. The smallest absolute Gasteiger partial charge is 0.260 e. The summed E-state index contributed by atoms with van der Waals surface area (Å²) in [5.41, 5.74) is 1.25. The van der Waals surface area contributed by atoms with E-state index >= 15 is 0 Å². The normalized spacial score (nSPS) is 13.7. The standard InChI is InChI=1S/C20H19N3O5S2/c24-18(8-11-30(26,27)15-4-2-1-3-5-15)23-9-6-16-17(12-23)29-20(21-16)22-19(25)14-7-10-28-13-14/h1-5,7,10,13H,6,8-9,11-12H2,(H,21,22,25). The number of sulfone groups is 1. The average molecular weight is 446 g/mol. The van der Waals surface area contributed by atoms with Gasteiger partial charge in [-0.2, -0.15) is 0 Å². The van der Waals surface area contributed by atoms with Crippen molar-refractivity contribution in [3.8, 4) is 0 Å². The Bertz CT molecular complexity index is 1150. The molecule has 0 radical (unpaired) electrons. The molecule has 2 amide bonds. The van der Waals surface area contributed by atoms with E-state index in [-0.39, 0.29) is 28.9 Å². The molecule has 0 unspecified atom stereocenters. The second-order valence-corrected chi connectivity index (χ2v) is 10.00. The molecule has 0 bridgehead atoms. The molecule has 10 heteroatoms. The highest BCUT2D eigenvalue weighted by Crippen LogP contribution is 2.29. The van der Waals surface area contributed by atoms with Gasteiger partial charge in [0.25, 0.3) is 5.91 Å². The van der Waals surface area contributed by atoms with Crippen molar-refractivity contribution >= 4 is 38.1 Å². The summed E-state index contributed by atoms with van der Waals surface area (Å²) in [6, 6.07) is 9.69. The Morgan fingerprint density at radius 2 is 2.00 bits per heavy atom. The second kappa shape index (κ2) is 8.41. The summed E-state index contributed by atoms with van der Waals surface area (Å²) < 4.78 is 29.7. The third-order valence-electron chi connectivity index (χ3n) is 4.77. The van der Waals surface area contributed by atoms with E-state index in [0.29, 0.717) is 30.2 Å². The SMILES string of the molecule is O=C(Nc1nc2c(s1)CN(C(=O)CCS(=O)(=O)c1ccccc1)CC2)c1ccoc1. The summed E-state index contributed by atoms with van der Waals surface area (Å²) in [5, 5.41) is 3.20. The van der Waals surface area contributed by atoms with E-state index in [9.17, 15) is 18.0 Å². The van der Waals surface area contributed by atoms with Gasteiger partial charge in [0.1, 0.15) is 6.26 Å². The topological polar surface area (TPSA) is 110 Å². The van der Waals surface area contributed by atoms with Crippen LogP contribution in [0.2, 0.25) is 0 Å². The van der Waals surface area contributed by atoms with Gasteiger partial charge in [-0.05, 0) is 18.2 Å². The van der Waals surface area contributed by atoms with Gasteiger partial charge >= 0.3 is 0 Å². The fourth-order valence-corrected chi connectivity index (χ4v) is 5.42. The average Bonchev–Trinajstić information content (AvgIpc) is 3.41. The van der Waals surface area contributed by atoms with Gasteiger partial charge in [-0.25, -0.2) is 13.4 Å². The molecule has 0 aliphatic carbocycles. The predicted molar refractivity (Wildman–Crippen MR) is 111 cm³/mol. The Labute approximate surface area is 177 Å². The third-order valence-corrected chi connectivity index (χ3v) is 7.50. The number of hydrogen-bond acceptors (Lipinski definition) is 7. The van der Waals surface area contributed by atoms with Crippen molar-refractivity contribution in [2.24, 2.45) is 0 Å². The van der Waals surface area contributed by atoms with Crippen LogP contribution < -0.4 is 5.32 Å². The molecule has 0 saturated carbocycles. The Hall–Kier alpha value is -2.98. The molecule has 1 aliphatic heterocycles. The zero-order valence-corrected chi connectivity index (χ0v) is 17.5. The van der Waals surface area contributed by atoms with Crippen molar-refractivity contribution in [1.29, 1.82) is 0 Å². The molecule has 30 heavy (non-hydrogen) atoms. The molecule has 3 aromatic rings. The lowest BCUT2D eigenvalue weighted by Gasteiger charge is -2.26. The maximum Gasteiger partial charge on any atom is 0.260 e. The van der Waals surface area contributed by atoms with Crippen LogP contribution in [0.3, 0.4) is 0 Å². The lowest BCUT2D eigenvalue weighted by molar-refractivity contribution is -0.131. The highest BCUT2D eigenvalue weighted by molar-refractivity contribution is 7.91. The molecule has 156 valence electrons. The van der Waals surface area contributed by atoms with E-state index in [1.54, 1.807) is 29.2 Å². The molecule has 1 N–H and O–H groups in total. The van der Waals surface area contributed by atoms with Crippen LogP contribution in [-0.4, -0.2) is 42.4 Å². The minimum atomic E-state index is -3.50. The van der Waals surface area contributed by atoms with Crippen molar-refractivity contribution in [1.82, 2.24) is 9.88 Å². The monoisotopic (exact) mass is 445 g/mol. The number of benzene rings is 1. The highest BCUT2D eigenvalue weighted by atomic mass is 32.2. The van der Waals surface area contributed by atoms with Crippen LogP contribution in [0.1, 0.15) is 27.3 Å². The van der Waals surface area contributed by atoms with Gasteiger partial charge in [0.05, 0.1) is 34.7 Å². The molecule has 0 saturated heterocycles. The summed E-state index contributed by atoms with van der Waals surface area (Å²) in [4.78, 5) is 31.9. The van der Waals surface area contributed by atoms with Crippen LogP contribution in [-0.2, 0) is 27.6 Å². The Morgan fingerprint density at radius 3 is 2.73 bits per heavy atom. The zero-order valence-electron chi connectivity index (χ0n) is 15.9. The molecule has 1 aromatic carbocycles. The summed E-state index contributed by atoms with van der Waals surface area (Å²) in [6.45, 7) is 0.828. The molecular weight excluding hydrogens is 426 g/mol. The number of anilines is 1. The molecule has 3 heterocycles. The van der Waals surface area contributed by atoms with Gasteiger partial charge in [0.15, 0.2) is 15.0 Å². The van der Waals surface area contributed by atoms with E-state index in [1.165, 1.54) is 36.0 Å². The number of fused-ring (bicyclic) bond motifs is 1. The number of carbonyl (C=O) groups is 2. The fourth-order valence-electron chi connectivity index (χ4n) is 3.15. The van der Waals surface area contributed by atoms with Gasteiger partial charge < -0.3 is 9.32 Å². The molecule has 4 rings (SSSR count). The summed E-state index contributed by atoms with van der Waals surface area (Å²) >= 11 is 1.32. The van der Waals surface area contributed by atoms with E-state index < -0.39 is 9.84 Å². The van der Waals surface area contributed by atoms with Crippen LogP contribution in [0.5, 0.6) is 0 Å². The van der Waals surface area contributed by atoms with Gasteiger partial charge in [-0.1, -0.05) is 29.5 Å². The van der Waals surface area contributed by atoms with E-state index in [1.807, 2.05) is 0 Å². The lowest BCUT2D eigenvalue weighted by Crippen LogP contribution is -2.36. The van der Waals surface area contributed by atoms with Crippen molar-refractivity contribution < 1.29 is 22.4 Å². The second-order valence-electron chi connectivity index (χ2n) is 6.80. The van der Waals surface area contributed by atoms with Crippen molar-refractivity contribution in [3.05, 3.63) is 65.1 Å². The Kier molecular flexibility index (Phi) is 5.69. The summed E-state index contributed by atoms with van der Waals surface area (Å²) in [7, 11) is -3.50. The van der Waals surface area contributed by atoms with Crippen molar-refractivity contribution in [2.45, 2.75) is 24.3 Å². The largest absolute Gasteiger partial charge is 0.472 e. The first kappa shape index (κ1) is 20.3. The van der Waals surface area contributed by atoms with Crippen LogP contribution in [0.15, 0.2) is 58.2 Å². The van der Waals surface area contributed by atoms with Crippen LogP contribution >= 0.6 is 11.3 Å². The molecular formula is C20H19N3O5S2. The van der Waals surface area contributed by atoms with Gasteiger partial charge in [-0.15, -0.1) is 0 Å². The van der Waals surface area contributed by atoms with Crippen LogP contribution in [0, 0.1) is 0 Å². The maximum atomic E-state index is 12.6. The summed E-state index contributed by atoms with van der Waals surface area (Å²) in [6.07, 6.45) is 3.26. The number of furan rings is 1. The van der Waals surface area contributed by atoms with E-state index in [0.717, 1.165) is 10.6 Å². The molecule has 1 aliphatic rings. The minimum Gasteiger partial charge on any atom is -0.472 e. The number of nitrogens with zero attached hydrogens (tertiary/aromatic N) is 2. The van der Waals surface area contributed by atoms with Crippen LogP contribution in [0.4, 0.5) is 5.13 Å². The summed E-state index contributed by atoms with van der Waals surface area (Å²) in [5.74, 6) is -0.750. The Balaban J connectivity index is 1.36. The number of carbonyl (C=O) groups excluding carboxylic acids is 2. The van der Waals surface area contributed by atoms with E-state index in [4.69, 9.17) is 4.42 Å². The molecule has 0 spiro atoms. The van der Waals surface area contributed by atoms with Crippen molar-refractivity contribution in [3.63, 3.8) is 0 Å². The first-order chi connectivity index (χ1) is 14.4. The molecule has 2 aromatic heterocycles. The van der Waals surface area contributed by atoms with Gasteiger partial charge in [0.2, 0.25) is 5.91 Å². The first-order valence-corrected chi connectivity index (χ1v) is 11.8. The molecule has 0 fully saturated rings. The van der Waals surface area contributed by atoms with Gasteiger partial charge in [-0.3, -0.25) is 14.9 Å². The quantitative estimate of drug-likeness (QED) is 0.625. The number of hydrogen-bond donors (Lipinski definition) is 1. The van der Waals surface area contributed by atoms with Crippen molar-refractivity contribution in [2.75, 3.05) is 17.6 Å². The zero-order chi connectivity index (χ0) is 21.1. The highest BCUT2D eigenvalue weighted by Gasteiger charge is 2.26. The number of thiazole rings is 1. The maximum absolute atomic E-state index is 12.6. The number of amides is 2. The third kappa shape index (κ3) is 4.44. The fraction of sp³-hybridized carbons (Fsp3) is 0.250. The molecule has 0 atom stereocenters. The minimum absolute atomic E-state index is 0.0740.